The fourth-order valence-corrected chi connectivity index (χ4v) is 5.63. The molecule has 0 bridgehead atoms. The van der Waals surface area contributed by atoms with Crippen molar-refractivity contribution in [2.75, 3.05) is 6.61 Å². The molecule has 38 heavy (non-hydrogen) atoms. The summed E-state index contributed by atoms with van der Waals surface area (Å²) in [6.07, 6.45) is 1.66. The van der Waals surface area contributed by atoms with Gasteiger partial charge in [-0.25, -0.2) is 9.79 Å². The molecule has 1 aliphatic heterocycles. The third kappa shape index (κ3) is 4.68. The number of fused-ring (bicyclic) bond motifs is 1. The third-order valence-corrected chi connectivity index (χ3v) is 7.52. The van der Waals surface area contributed by atoms with Gasteiger partial charge in [0.2, 0.25) is 0 Å². The Labute approximate surface area is 227 Å². The molecule has 4 aromatic rings. The molecule has 0 aliphatic carbocycles. The zero-order valence-corrected chi connectivity index (χ0v) is 22.4. The van der Waals surface area contributed by atoms with Crippen molar-refractivity contribution in [1.29, 1.82) is 0 Å². The molecule has 2 aromatic carbocycles. The molecular weight excluding hydrogens is 524 g/mol. The lowest BCUT2D eigenvalue weighted by Crippen LogP contribution is -2.40. The van der Waals surface area contributed by atoms with Crippen molar-refractivity contribution in [3.05, 3.63) is 114 Å². The summed E-state index contributed by atoms with van der Waals surface area (Å²) in [6, 6.07) is 17.0. The molecule has 1 aliphatic rings. The second-order valence-corrected chi connectivity index (χ2v) is 10.1. The monoisotopic (exact) mass is 546 g/mol. The van der Waals surface area contributed by atoms with Crippen LogP contribution in [0.2, 0.25) is 5.02 Å². The number of benzene rings is 2. The Bertz CT molecular complexity index is 1780. The van der Waals surface area contributed by atoms with Gasteiger partial charge in [-0.1, -0.05) is 65.4 Å². The molecule has 5 rings (SSSR count). The second-order valence-electron chi connectivity index (χ2n) is 8.66. The summed E-state index contributed by atoms with van der Waals surface area (Å²) in [4.78, 5) is 43.3. The molecule has 1 atom stereocenters. The van der Waals surface area contributed by atoms with Gasteiger partial charge in [-0.2, -0.15) is 0 Å². The average Bonchev–Trinajstić information content (AvgIpc) is 3.48. The van der Waals surface area contributed by atoms with E-state index in [2.05, 4.69) is 4.99 Å². The van der Waals surface area contributed by atoms with E-state index in [1.165, 1.54) is 22.8 Å². The number of allylic oxidation sites excluding steroid dienone is 1. The summed E-state index contributed by atoms with van der Waals surface area (Å²) < 4.78 is 13.2. The highest BCUT2D eigenvalue weighted by atomic mass is 35.5. The van der Waals surface area contributed by atoms with Crippen LogP contribution in [-0.2, 0) is 9.53 Å². The minimum absolute atomic E-state index is 0.0106. The Morgan fingerprint density at radius 1 is 1.13 bits per heavy atom. The molecule has 0 unspecified atom stereocenters. The smallest absolute Gasteiger partial charge is 0.338 e. The number of ketones is 1. The van der Waals surface area contributed by atoms with E-state index in [-0.39, 0.29) is 23.5 Å². The van der Waals surface area contributed by atoms with Crippen LogP contribution >= 0.6 is 22.9 Å². The minimum atomic E-state index is -0.784. The molecule has 0 fully saturated rings. The highest BCUT2D eigenvalue weighted by Crippen LogP contribution is 2.34. The minimum Gasteiger partial charge on any atom is -0.463 e. The van der Waals surface area contributed by atoms with Crippen molar-refractivity contribution < 1.29 is 18.7 Å². The highest BCUT2D eigenvalue weighted by Gasteiger charge is 2.34. The van der Waals surface area contributed by atoms with Crippen LogP contribution in [-0.4, -0.2) is 22.9 Å². The number of nitrogens with zero attached hydrogens (tertiary/aromatic N) is 2. The van der Waals surface area contributed by atoms with Crippen LogP contribution in [0.25, 0.3) is 17.4 Å². The molecule has 0 radical (unpaired) electrons. The Hall–Kier alpha value is -4.01. The van der Waals surface area contributed by atoms with E-state index in [0.29, 0.717) is 42.7 Å². The van der Waals surface area contributed by atoms with Crippen LogP contribution in [0.15, 0.2) is 86.1 Å². The first-order valence-corrected chi connectivity index (χ1v) is 13.1. The molecule has 0 N–H and O–H groups in total. The van der Waals surface area contributed by atoms with Gasteiger partial charge in [0.1, 0.15) is 17.6 Å². The molecule has 2 aromatic heterocycles. The summed E-state index contributed by atoms with van der Waals surface area (Å²) in [5.41, 5.74) is 2.45. The van der Waals surface area contributed by atoms with E-state index in [0.717, 1.165) is 5.56 Å². The predicted octanol–water partition coefficient (Wildman–Crippen LogP) is 4.91. The second kappa shape index (κ2) is 10.4. The Morgan fingerprint density at radius 3 is 2.55 bits per heavy atom. The summed E-state index contributed by atoms with van der Waals surface area (Å²) in [5.74, 6) is 0.535. The number of esters is 1. The van der Waals surface area contributed by atoms with Crippen molar-refractivity contribution >= 4 is 40.8 Å². The van der Waals surface area contributed by atoms with Crippen molar-refractivity contribution in [2.24, 2.45) is 4.99 Å². The molecule has 0 saturated heterocycles. The van der Waals surface area contributed by atoms with Gasteiger partial charge in [-0.05, 0) is 44.5 Å². The van der Waals surface area contributed by atoms with Crippen molar-refractivity contribution in [3.63, 3.8) is 0 Å². The van der Waals surface area contributed by atoms with E-state index in [4.69, 9.17) is 20.8 Å². The average molecular weight is 547 g/mol. The maximum atomic E-state index is 13.7. The molecule has 0 spiro atoms. The number of hydrogen-bond acceptors (Lipinski definition) is 7. The Balaban J connectivity index is 1.61. The highest BCUT2D eigenvalue weighted by molar-refractivity contribution is 7.07. The van der Waals surface area contributed by atoms with Crippen LogP contribution in [0.1, 0.15) is 48.5 Å². The van der Waals surface area contributed by atoms with E-state index < -0.39 is 12.0 Å². The number of furan rings is 1. The quantitative estimate of drug-likeness (QED) is 0.253. The van der Waals surface area contributed by atoms with E-state index in [1.807, 2.05) is 18.2 Å². The number of carbonyl (C=O) groups is 2. The zero-order valence-electron chi connectivity index (χ0n) is 20.9. The van der Waals surface area contributed by atoms with Gasteiger partial charge in [0.25, 0.3) is 5.56 Å². The lowest BCUT2D eigenvalue weighted by atomic mass is 9.96. The summed E-state index contributed by atoms with van der Waals surface area (Å²) in [7, 11) is 0. The Morgan fingerprint density at radius 2 is 1.87 bits per heavy atom. The fourth-order valence-electron chi connectivity index (χ4n) is 4.37. The number of aromatic nitrogens is 1. The fraction of sp³-hybridized carbons (Fsp3) is 0.172. The Kier molecular flexibility index (Phi) is 7.01. The normalized spacial score (nSPS) is 15.3. The number of carbonyl (C=O) groups excluding carboxylic acids is 2. The third-order valence-electron chi connectivity index (χ3n) is 6.19. The zero-order chi connectivity index (χ0) is 27.0. The number of thiazole rings is 1. The lowest BCUT2D eigenvalue weighted by Gasteiger charge is -2.25. The van der Waals surface area contributed by atoms with Gasteiger partial charge in [0.15, 0.2) is 10.6 Å². The van der Waals surface area contributed by atoms with Gasteiger partial charge in [-0.15, -0.1) is 0 Å². The van der Waals surface area contributed by atoms with Crippen molar-refractivity contribution in [3.8, 4) is 11.3 Å². The SMILES string of the molecule is CCOC(=O)C1=C(C)N=c2s/c(=C\c3ccc(-c4ccc(C(C)=O)cc4)o3)c(=O)n2[C@@H]1c1ccccc1Cl. The van der Waals surface area contributed by atoms with Gasteiger partial charge in [0.05, 0.1) is 22.4 Å². The number of halogens is 1. The first kappa shape index (κ1) is 25.6. The number of rotatable bonds is 6. The van der Waals surface area contributed by atoms with Crippen LogP contribution < -0.4 is 14.9 Å². The molecule has 7 nitrogen and oxygen atoms in total. The van der Waals surface area contributed by atoms with Gasteiger partial charge >= 0.3 is 5.97 Å². The first-order chi connectivity index (χ1) is 18.3. The van der Waals surface area contributed by atoms with Gasteiger partial charge < -0.3 is 9.15 Å². The molecule has 192 valence electrons. The number of Topliss-reactive ketones (excluding diaryl/α,β-unsaturated/α-hetero) is 1. The summed E-state index contributed by atoms with van der Waals surface area (Å²) >= 11 is 7.74. The van der Waals surface area contributed by atoms with Crippen LogP contribution in [0, 0.1) is 0 Å². The summed E-state index contributed by atoms with van der Waals surface area (Å²) in [6.45, 7) is 5.16. The van der Waals surface area contributed by atoms with Crippen LogP contribution in [0.3, 0.4) is 0 Å². The molecule has 9 heteroatoms. The standard InChI is InChI=1S/C29H23ClN2O5S/c1-4-36-28(35)25-16(2)31-29-32(26(25)21-7-5-6-8-22(21)30)27(34)24(38-29)15-20-13-14-23(37-20)19-11-9-18(10-12-19)17(3)33/h5-15,26H,4H2,1-3H3/b24-15-/t26-/m1/s1. The van der Waals surface area contributed by atoms with Crippen molar-refractivity contribution in [2.45, 2.75) is 26.8 Å². The molecule has 0 amide bonds. The van der Waals surface area contributed by atoms with Crippen molar-refractivity contribution in [1.82, 2.24) is 4.57 Å². The predicted molar refractivity (Wildman–Crippen MR) is 146 cm³/mol. The van der Waals surface area contributed by atoms with Gasteiger partial charge in [0, 0.05) is 22.2 Å². The van der Waals surface area contributed by atoms with Gasteiger partial charge in [-0.3, -0.25) is 14.2 Å². The maximum absolute atomic E-state index is 13.7. The number of ether oxygens (including phenoxy) is 1. The van der Waals surface area contributed by atoms with E-state index in [9.17, 15) is 14.4 Å². The van der Waals surface area contributed by atoms with Crippen LogP contribution in [0.5, 0.6) is 0 Å². The maximum Gasteiger partial charge on any atom is 0.338 e. The molecule has 0 saturated carbocycles. The lowest BCUT2D eigenvalue weighted by molar-refractivity contribution is -0.139. The van der Waals surface area contributed by atoms with E-state index in [1.54, 1.807) is 62.4 Å². The van der Waals surface area contributed by atoms with E-state index >= 15 is 0 Å². The molecular formula is C29H23ClN2O5S. The first-order valence-electron chi connectivity index (χ1n) is 11.9. The summed E-state index contributed by atoms with van der Waals surface area (Å²) in [5, 5.41) is 0.426. The largest absolute Gasteiger partial charge is 0.463 e. The van der Waals surface area contributed by atoms with Crippen LogP contribution in [0.4, 0.5) is 0 Å². The number of hydrogen-bond donors (Lipinski definition) is 0. The molecule has 3 heterocycles. The topological polar surface area (TPSA) is 90.9 Å².